The first kappa shape index (κ1) is 15.5. The number of nitrogens with zero attached hydrogens (tertiary/aromatic N) is 1. The van der Waals surface area contributed by atoms with Crippen LogP contribution in [0.3, 0.4) is 0 Å². The first-order chi connectivity index (χ1) is 9.82. The number of halogens is 3. The topological polar surface area (TPSA) is 63.4 Å². The number of nitrogens with two attached hydrogens (primary N) is 1. The van der Waals surface area contributed by atoms with Crippen LogP contribution in [0.15, 0.2) is 15.4 Å². The molecule has 2 N–H and O–H groups in total. The van der Waals surface area contributed by atoms with Crippen LogP contribution in [0.2, 0.25) is 5.02 Å². The van der Waals surface area contributed by atoms with E-state index >= 15 is 0 Å². The molecule has 0 radical (unpaired) electrons. The van der Waals surface area contributed by atoms with Gasteiger partial charge in [-0.25, -0.2) is 12.8 Å². The van der Waals surface area contributed by atoms with E-state index in [1.807, 2.05) is 0 Å². The number of benzene rings is 1. The molecule has 0 spiro atoms. The second-order valence-corrected chi connectivity index (χ2v) is 8.78. The van der Waals surface area contributed by atoms with Gasteiger partial charge in [0.05, 0.1) is 15.2 Å². The smallest absolute Gasteiger partial charge is 0.246 e. The summed E-state index contributed by atoms with van der Waals surface area (Å²) in [5, 5.41) is 0.0897. The van der Waals surface area contributed by atoms with Gasteiger partial charge in [-0.05, 0) is 46.7 Å². The monoisotopic (exact) mass is 396 g/mol. The van der Waals surface area contributed by atoms with E-state index in [0.29, 0.717) is 24.9 Å². The zero-order valence-corrected chi connectivity index (χ0v) is 14.3. The van der Waals surface area contributed by atoms with Gasteiger partial charge in [0.15, 0.2) is 5.82 Å². The van der Waals surface area contributed by atoms with Gasteiger partial charge in [-0.15, -0.1) is 0 Å². The van der Waals surface area contributed by atoms with Gasteiger partial charge in [-0.1, -0.05) is 18.0 Å². The van der Waals surface area contributed by atoms with E-state index < -0.39 is 20.7 Å². The molecule has 3 rings (SSSR count). The lowest BCUT2D eigenvalue weighted by atomic mass is 10.0. The molecule has 116 valence electrons. The molecule has 8 heteroatoms. The molecule has 1 aromatic rings. The van der Waals surface area contributed by atoms with Crippen molar-refractivity contribution in [1.82, 2.24) is 4.31 Å². The van der Waals surface area contributed by atoms with Crippen molar-refractivity contribution in [3.8, 4) is 0 Å². The van der Waals surface area contributed by atoms with Crippen LogP contribution in [-0.2, 0) is 10.0 Å². The largest absolute Gasteiger partial charge is 0.395 e. The molecule has 1 heterocycles. The number of nitrogen functional groups attached to an aromatic ring is 1. The second-order valence-electron chi connectivity index (χ2n) is 5.67. The number of anilines is 1. The highest BCUT2D eigenvalue weighted by atomic mass is 79.9. The molecule has 1 aromatic carbocycles. The van der Waals surface area contributed by atoms with Crippen molar-refractivity contribution in [2.45, 2.75) is 24.2 Å². The molecule has 0 amide bonds. The molecule has 2 atom stereocenters. The van der Waals surface area contributed by atoms with E-state index in [1.165, 1.54) is 4.31 Å². The summed E-state index contributed by atoms with van der Waals surface area (Å²) in [7, 11) is -3.90. The number of hydrogen-bond acceptors (Lipinski definition) is 3. The van der Waals surface area contributed by atoms with E-state index in [2.05, 4.69) is 15.9 Å². The average Bonchev–Trinajstić information content (AvgIpc) is 3.01. The van der Waals surface area contributed by atoms with Crippen molar-refractivity contribution in [3.63, 3.8) is 0 Å². The van der Waals surface area contributed by atoms with Crippen molar-refractivity contribution in [1.29, 1.82) is 0 Å². The fourth-order valence-electron chi connectivity index (χ4n) is 3.31. The molecular weight excluding hydrogens is 383 g/mol. The maximum Gasteiger partial charge on any atom is 0.246 e. The normalized spacial score (nSPS) is 26.2. The maximum absolute atomic E-state index is 14.3. The third-order valence-corrected chi connectivity index (χ3v) is 7.68. The highest BCUT2D eigenvalue weighted by Crippen LogP contribution is 2.41. The second kappa shape index (κ2) is 5.37. The molecule has 0 bridgehead atoms. The summed E-state index contributed by atoms with van der Waals surface area (Å²) in [6, 6.07) is 1.13. The quantitative estimate of drug-likeness (QED) is 0.615. The number of hydrogen-bond donors (Lipinski definition) is 1. The summed E-state index contributed by atoms with van der Waals surface area (Å²) in [5.41, 5.74) is 5.30. The van der Waals surface area contributed by atoms with Crippen LogP contribution in [0, 0.1) is 17.7 Å². The lowest BCUT2D eigenvalue weighted by molar-refractivity contribution is 0.440. The molecular formula is C13H15BrClFN2O2S. The molecule has 2 aliphatic rings. The lowest BCUT2D eigenvalue weighted by Gasteiger charge is -2.19. The van der Waals surface area contributed by atoms with Crippen LogP contribution >= 0.6 is 27.5 Å². The number of fused-ring (bicyclic) bond motifs is 1. The molecule has 1 aliphatic carbocycles. The summed E-state index contributed by atoms with van der Waals surface area (Å²) < 4.78 is 41.1. The predicted molar refractivity (Wildman–Crippen MR) is 83.1 cm³/mol. The van der Waals surface area contributed by atoms with Crippen molar-refractivity contribution in [2.75, 3.05) is 18.8 Å². The zero-order chi connectivity index (χ0) is 15.4. The molecule has 1 saturated carbocycles. The fraction of sp³-hybridized carbons (Fsp3) is 0.538. The number of rotatable bonds is 2. The highest BCUT2D eigenvalue weighted by Gasteiger charge is 2.42. The Kier molecular flexibility index (Phi) is 3.97. The van der Waals surface area contributed by atoms with Crippen LogP contribution in [-0.4, -0.2) is 25.8 Å². The Balaban J connectivity index is 2.00. The Bertz CT molecular complexity index is 686. The summed E-state index contributed by atoms with van der Waals surface area (Å²) in [6.45, 7) is 0.917. The summed E-state index contributed by atoms with van der Waals surface area (Å²) >= 11 is 8.97. The zero-order valence-electron chi connectivity index (χ0n) is 11.2. The predicted octanol–water partition coefficient (Wildman–Crippen LogP) is 3.24. The van der Waals surface area contributed by atoms with E-state index in [4.69, 9.17) is 17.3 Å². The van der Waals surface area contributed by atoms with Crippen molar-refractivity contribution in [3.05, 3.63) is 21.4 Å². The van der Waals surface area contributed by atoms with E-state index in [9.17, 15) is 12.8 Å². The first-order valence-electron chi connectivity index (χ1n) is 6.75. The minimum Gasteiger partial charge on any atom is -0.395 e. The van der Waals surface area contributed by atoms with Crippen molar-refractivity contribution < 1.29 is 12.8 Å². The van der Waals surface area contributed by atoms with Crippen LogP contribution in [0.1, 0.15) is 19.3 Å². The van der Waals surface area contributed by atoms with Gasteiger partial charge in [-0.3, -0.25) is 0 Å². The van der Waals surface area contributed by atoms with Crippen LogP contribution in [0.4, 0.5) is 10.1 Å². The fourth-order valence-corrected chi connectivity index (χ4v) is 5.54. The van der Waals surface area contributed by atoms with Gasteiger partial charge in [-0.2, -0.15) is 4.31 Å². The maximum atomic E-state index is 14.3. The number of sulfonamides is 1. The van der Waals surface area contributed by atoms with Gasteiger partial charge in [0.2, 0.25) is 10.0 Å². The first-order valence-corrected chi connectivity index (χ1v) is 9.36. The van der Waals surface area contributed by atoms with Gasteiger partial charge in [0, 0.05) is 13.1 Å². The molecule has 2 unspecified atom stereocenters. The van der Waals surface area contributed by atoms with Gasteiger partial charge >= 0.3 is 0 Å². The van der Waals surface area contributed by atoms with E-state index in [1.54, 1.807) is 0 Å². The molecule has 1 aliphatic heterocycles. The Labute approximate surface area is 136 Å². The summed E-state index contributed by atoms with van der Waals surface area (Å²) in [4.78, 5) is -0.437. The standard InChI is InChI=1S/C13H15BrClFN2O2S/c14-11-9(15)4-10(12(16)13(11)17)21(19,20)18-5-7-2-1-3-8(7)6-18/h4,7-8H,1-3,5-6,17H2. The van der Waals surface area contributed by atoms with E-state index in [0.717, 1.165) is 25.3 Å². The Hall–Kier alpha value is -0.370. The Morgan fingerprint density at radius 3 is 2.48 bits per heavy atom. The SMILES string of the molecule is Nc1c(F)c(S(=O)(=O)N2CC3CCCC3C2)cc(Cl)c1Br. The van der Waals surface area contributed by atoms with Gasteiger partial charge < -0.3 is 5.73 Å². The minimum atomic E-state index is -3.90. The third-order valence-electron chi connectivity index (χ3n) is 4.47. The molecule has 2 fully saturated rings. The minimum absolute atomic E-state index is 0.0897. The van der Waals surface area contributed by atoms with Crippen LogP contribution < -0.4 is 5.73 Å². The molecule has 0 aromatic heterocycles. The van der Waals surface area contributed by atoms with Gasteiger partial charge in [0.25, 0.3) is 0 Å². The van der Waals surface area contributed by atoms with Crippen LogP contribution in [0.5, 0.6) is 0 Å². The third kappa shape index (κ3) is 2.48. The highest BCUT2D eigenvalue weighted by molar-refractivity contribution is 9.10. The van der Waals surface area contributed by atoms with Gasteiger partial charge in [0.1, 0.15) is 4.90 Å². The Morgan fingerprint density at radius 2 is 1.90 bits per heavy atom. The van der Waals surface area contributed by atoms with Crippen molar-refractivity contribution >= 4 is 43.2 Å². The van der Waals surface area contributed by atoms with Crippen molar-refractivity contribution in [2.24, 2.45) is 11.8 Å². The summed E-state index contributed by atoms with van der Waals surface area (Å²) in [6.07, 6.45) is 3.24. The lowest BCUT2D eigenvalue weighted by Crippen LogP contribution is -2.30. The van der Waals surface area contributed by atoms with E-state index in [-0.39, 0.29) is 15.2 Å². The molecule has 4 nitrogen and oxygen atoms in total. The molecule has 21 heavy (non-hydrogen) atoms. The molecule has 1 saturated heterocycles. The Morgan fingerprint density at radius 1 is 1.33 bits per heavy atom. The van der Waals surface area contributed by atoms with Crippen LogP contribution in [0.25, 0.3) is 0 Å². The summed E-state index contributed by atoms with van der Waals surface area (Å²) in [5.74, 6) is -0.152. The average molecular weight is 398 g/mol.